The summed E-state index contributed by atoms with van der Waals surface area (Å²) in [4.78, 5) is 14.9. The monoisotopic (exact) mass is 435 g/mol. The fourth-order valence-electron chi connectivity index (χ4n) is 4.89. The zero-order valence-electron chi connectivity index (χ0n) is 19.9. The molecule has 0 amide bonds. The second kappa shape index (κ2) is 9.24. The van der Waals surface area contributed by atoms with Gasteiger partial charge in [0.15, 0.2) is 0 Å². The van der Waals surface area contributed by atoms with E-state index in [0.29, 0.717) is 0 Å². The maximum Gasteiger partial charge on any atom is 0.261 e. The summed E-state index contributed by atoms with van der Waals surface area (Å²) in [5, 5.41) is 2.56. The van der Waals surface area contributed by atoms with Crippen molar-refractivity contribution in [3.8, 4) is 0 Å². The second-order valence-corrected chi connectivity index (χ2v) is 15.2. The SMILES string of the molecule is CC(C)(C)c1cccc([Si](O[C@H]2CCC[C@@H](N=C=O)C2)(c2ccccc2)C(C)(C)C)c1. The van der Waals surface area contributed by atoms with Crippen molar-refractivity contribution in [3.63, 3.8) is 0 Å². The van der Waals surface area contributed by atoms with Crippen LogP contribution in [0.15, 0.2) is 59.6 Å². The molecule has 0 aliphatic heterocycles. The van der Waals surface area contributed by atoms with Crippen molar-refractivity contribution in [1.82, 2.24) is 0 Å². The van der Waals surface area contributed by atoms with Crippen LogP contribution in [0.4, 0.5) is 0 Å². The number of aliphatic imine (C=N–C) groups is 1. The molecule has 31 heavy (non-hydrogen) atoms. The van der Waals surface area contributed by atoms with Gasteiger partial charge in [-0.2, -0.15) is 0 Å². The normalized spacial score (nSPS) is 21.7. The number of nitrogens with zero attached hydrogens (tertiary/aromatic N) is 1. The van der Waals surface area contributed by atoms with E-state index in [2.05, 4.69) is 101 Å². The highest BCUT2D eigenvalue weighted by atomic mass is 28.4. The van der Waals surface area contributed by atoms with Gasteiger partial charge in [-0.3, -0.25) is 0 Å². The topological polar surface area (TPSA) is 38.7 Å². The first-order valence-electron chi connectivity index (χ1n) is 11.5. The highest BCUT2D eigenvalue weighted by Crippen LogP contribution is 2.40. The molecule has 0 saturated heterocycles. The number of rotatable bonds is 5. The van der Waals surface area contributed by atoms with Crippen LogP contribution in [0.5, 0.6) is 0 Å². The molecule has 166 valence electrons. The maximum absolute atomic E-state index is 10.9. The van der Waals surface area contributed by atoms with Gasteiger partial charge in [0.2, 0.25) is 6.08 Å². The zero-order valence-corrected chi connectivity index (χ0v) is 20.9. The third kappa shape index (κ3) is 5.09. The molecule has 0 spiro atoms. The Morgan fingerprint density at radius 1 is 0.935 bits per heavy atom. The van der Waals surface area contributed by atoms with Gasteiger partial charge in [-0.05, 0) is 52.1 Å². The summed E-state index contributed by atoms with van der Waals surface area (Å²) < 4.78 is 7.31. The molecule has 0 N–H and O–H groups in total. The summed E-state index contributed by atoms with van der Waals surface area (Å²) in [6, 6.07) is 19.9. The van der Waals surface area contributed by atoms with E-state index in [1.807, 2.05) is 0 Å². The average molecular weight is 436 g/mol. The molecule has 3 rings (SSSR count). The largest absolute Gasteiger partial charge is 0.404 e. The molecule has 4 heteroatoms. The lowest BCUT2D eigenvalue weighted by molar-refractivity contribution is 0.134. The third-order valence-electron chi connectivity index (χ3n) is 6.55. The van der Waals surface area contributed by atoms with Crippen LogP contribution >= 0.6 is 0 Å². The highest BCUT2D eigenvalue weighted by molar-refractivity contribution is 6.99. The van der Waals surface area contributed by atoms with Crippen molar-refractivity contribution in [2.45, 2.75) is 89.8 Å². The van der Waals surface area contributed by atoms with E-state index in [9.17, 15) is 4.79 Å². The number of carbonyl (C=O) groups excluding carboxylic acids is 1. The molecular weight excluding hydrogens is 398 g/mol. The molecule has 2 aromatic carbocycles. The van der Waals surface area contributed by atoms with Gasteiger partial charge in [0.05, 0.1) is 6.04 Å². The van der Waals surface area contributed by atoms with Crippen LogP contribution in [0.3, 0.4) is 0 Å². The van der Waals surface area contributed by atoms with Crippen LogP contribution in [-0.4, -0.2) is 26.5 Å². The smallest absolute Gasteiger partial charge is 0.261 e. The summed E-state index contributed by atoms with van der Waals surface area (Å²) >= 11 is 0. The minimum absolute atomic E-state index is 0.0274. The summed E-state index contributed by atoms with van der Waals surface area (Å²) in [7, 11) is -2.64. The van der Waals surface area contributed by atoms with E-state index >= 15 is 0 Å². The molecule has 1 saturated carbocycles. The summed E-state index contributed by atoms with van der Waals surface area (Å²) in [5.74, 6) is 0. The van der Waals surface area contributed by atoms with Crippen LogP contribution in [0.1, 0.15) is 72.8 Å². The van der Waals surface area contributed by atoms with E-state index < -0.39 is 8.32 Å². The predicted octanol–water partition coefficient (Wildman–Crippen LogP) is 5.51. The van der Waals surface area contributed by atoms with Crippen LogP contribution in [-0.2, 0) is 14.6 Å². The second-order valence-electron chi connectivity index (χ2n) is 10.9. The van der Waals surface area contributed by atoms with E-state index in [1.54, 1.807) is 6.08 Å². The Kier molecular flexibility index (Phi) is 7.05. The van der Waals surface area contributed by atoms with Crippen LogP contribution < -0.4 is 10.4 Å². The van der Waals surface area contributed by atoms with E-state index in [0.717, 1.165) is 25.7 Å². The Balaban J connectivity index is 2.17. The molecular formula is C27H37NO2Si. The van der Waals surface area contributed by atoms with Gasteiger partial charge in [0.25, 0.3) is 8.32 Å². The fraction of sp³-hybridized carbons (Fsp3) is 0.519. The summed E-state index contributed by atoms with van der Waals surface area (Å²) in [6.07, 6.45) is 5.66. The van der Waals surface area contributed by atoms with Crippen molar-refractivity contribution in [3.05, 3.63) is 60.2 Å². The molecule has 1 unspecified atom stereocenters. The van der Waals surface area contributed by atoms with Gasteiger partial charge in [0, 0.05) is 6.10 Å². The Bertz CT molecular complexity index is 922. The van der Waals surface area contributed by atoms with E-state index in [4.69, 9.17) is 4.43 Å². The fourth-order valence-corrected chi connectivity index (χ4v) is 9.65. The van der Waals surface area contributed by atoms with E-state index in [1.165, 1.54) is 15.9 Å². The maximum atomic E-state index is 10.9. The number of hydrogen-bond acceptors (Lipinski definition) is 3. The van der Waals surface area contributed by atoms with Crippen molar-refractivity contribution in [2.24, 2.45) is 4.99 Å². The lowest BCUT2D eigenvalue weighted by Crippen LogP contribution is -2.68. The quantitative estimate of drug-likeness (QED) is 0.353. The zero-order chi connectivity index (χ0) is 22.7. The van der Waals surface area contributed by atoms with Crippen molar-refractivity contribution >= 4 is 24.8 Å². The molecule has 0 bridgehead atoms. The minimum Gasteiger partial charge on any atom is -0.404 e. The van der Waals surface area contributed by atoms with Crippen LogP contribution in [0, 0.1) is 0 Å². The molecule has 1 fully saturated rings. The van der Waals surface area contributed by atoms with Gasteiger partial charge < -0.3 is 4.43 Å². The first-order chi connectivity index (χ1) is 14.6. The number of isocyanates is 1. The van der Waals surface area contributed by atoms with Crippen LogP contribution in [0.2, 0.25) is 5.04 Å². The lowest BCUT2D eigenvalue weighted by atomic mass is 9.87. The van der Waals surface area contributed by atoms with Crippen molar-refractivity contribution in [2.75, 3.05) is 0 Å². The van der Waals surface area contributed by atoms with Gasteiger partial charge in [0.1, 0.15) is 0 Å². The molecule has 0 aromatic heterocycles. The van der Waals surface area contributed by atoms with Crippen LogP contribution in [0.25, 0.3) is 0 Å². The minimum atomic E-state index is -2.64. The van der Waals surface area contributed by atoms with Gasteiger partial charge >= 0.3 is 0 Å². The first kappa shape index (κ1) is 23.7. The molecule has 1 aliphatic rings. The van der Waals surface area contributed by atoms with Crippen molar-refractivity contribution in [1.29, 1.82) is 0 Å². The molecule has 3 atom stereocenters. The highest BCUT2D eigenvalue weighted by Gasteiger charge is 2.52. The Morgan fingerprint density at radius 3 is 2.23 bits per heavy atom. The first-order valence-corrected chi connectivity index (χ1v) is 13.4. The Hall–Kier alpha value is -2.00. The lowest BCUT2D eigenvalue weighted by Gasteiger charge is -2.46. The van der Waals surface area contributed by atoms with Crippen molar-refractivity contribution < 1.29 is 9.22 Å². The summed E-state index contributed by atoms with van der Waals surface area (Å²) in [5.41, 5.74) is 1.40. The average Bonchev–Trinajstić information content (AvgIpc) is 2.72. The van der Waals surface area contributed by atoms with Gasteiger partial charge in [-0.1, -0.05) is 96.1 Å². The molecule has 0 heterocycles. The third-order valence-corrected chi connectivity index (χ3v) is 11.6. The Labute approximate surface area is 189 Å². The summed E-state index contributed by atoms with van der Waals surface area (Å²) in [6.45, 7) is 13.7. The standard InChI is InChI=1S/C27H37NO2Si/c1-26(2,3)21-12-10-17-25(18-21)31(27(4,5)6,24-15-8-7-9-16-24)30-23-14-11-13-22(19-23)28-20-29/h7-10,12,15-18,22-23H,11,13-14,19H2,1-6H3/t22-,23+,31?/m1/s1. The number of hydrogen-bond donors (Lipinski definition) is 0. The Morgan fingerprint density at radius 2 is 1.61 bits per heavy atom. The molecule has 1 aliphatic carbocycles. The molecule has 3 nitrogen and oxygen atoms in total. The van der Waals surface area contributed by atoms with E-state index in [-0.39, 0.29) is 22.6 Å². The van der Waals surface area contributed by atoms with Gasteiger partial charge in [-0.15, -0.1) is 0 Å². The van der Waals surface area contributed by atoms with Gasteiger partial charge in [-0.25, -0.2) is 9.79 Å². The number of benzene rings is 2. The molecule has 2 aromatic rings. The predicted molar refractivity (Wildman–Crippen MR) is 132 cm³/mol. The molecule has 0 radical (unpaired) electrons.